The quantitative estimate of drug-likeness (QED) is 0.139. The van der Waals surface area contributed by atoms with Crippen LogP contribution in [0, 0.1) is 12.7 Å². The predicted octanol–water partition coefficient (Wildman–Crippen LogP) is 0.680. The Labute approximate surface area is 239 Å². The minimum atomic E-state index is -1.98. The fourth-order valence-electron chi connectivity index (χ4n) is 6.28. The Morgan fingerprint density at radius 1 is 1.26 bits per heavy atom. The number of nitrogens with one attached hydrogen (secondary N) is 2. The van der Waals surface area contributed by atoms with Crippen LogP contribution >= 0.6 is 0 Å². The Kier molecular flexibility index (Phi) is 6.83. The number of carbonyl (C=O) groups is 3. The highest BCUT2D eigenvalue weighted by Crippen LogP contribution is 2.45. The first-order chi connectivity index (χ1) is 20.1. The summed E-state index contributed by atoms with van der Waals surface area (Å²) >= 11 is 0. The molecule has 0 unspecified atom stereocenters. The lowest BCUT2D eigenvalue weighted by Crippen LogP contribution is -2.44. The van der Waals surface area contributed by atoms with E-state index in [9.17, 15) is 24.3 Å². The van der Waals surface area contributed by atoms with Crippen molar-refractivity contribution in [3.05, 3.63) is 61.7 Å². The summed E-state index contributed by atoms with van der Waals surface area (Å²) in [4.78, 5) is 55.2. The van der Waals surface area contributed by atoms with E-state index in [4.69, 9.17) is 20.2 Å². The maximum Gasteiger partial charge on any atom is 0.343 e. The van der Waals surface area contributed by atoms with Crippen LogP contribution in [0.2, 0.25) is 0 Å². The van der Waals surface area contributed by atoms with E-state index in [-0.39, 0.29) is 50.6 Å². The van der Waals surface area contributed by atoms with Crippen molar-refractivity contribution in [2.24, 2.45) is 5.73 Å². The van der Waals surface area contributed by atoms with Crippen molar-refractivity contribution in [3.63, 3.8) is 0 Å². The second kappa shape index (κ2) is 10.3. The molecule has 13 heteroatoms. The van der Waals surface area contributed by atoms with Gasteiger partial charge in [-0.05, 0) is 48.9 Å². The first-order valence-electron chi connectivity index (χ1n) is 13.7. The highest BCUT2D eigenvalue weighted by Gasteiger charge is 2.46. The van der Waals surface area contributed by atoms with E-state index < -0.39 is 40.8 Å². The van der Waals surface area contributed by atoms with Crippen molar-refractivity contribution in [2.75, 3.05) is 19.9 Å². The summed E-state index contributed by atoms with van der Waals surface area (Å²) in [5.74, 6) is -2.07. The third-order valence-corrected chi connectivity index (χ3v) is 8.50. The zero-order chi connectivity index (χ0) is 29.9. The van der Waals surface area contributed by atoms with Gasteiger partial charge in [-0.3, -0.25) is 14.4 Å². The highest BCUT2D eigenvalue weighted by molar-refractivity contribution is 5.94. The number of aryl methyl sites for hydroxylation is 1. The molecule has 0 spiro atoms. The van der Waals surface area contributed by atoms with Gasteiger partial charge in [0.2, 0.25) is 11.8 Å². The molecule has 220 valence electrons. The Morgan fingerprint density at radius 3 is 2.79 bits per heavy atom. The normalized spacial score (nSPS) is 20.0. The van der Waals surface area contributed by atoms with E-state index in [2.05, 4.69) is 10.6 Å². The number of amides is 2. The van der Waals surface area contributed by atoms with Gasteiger partial charge in [-0.15, -0.1) is 0 Å². The molecule has 0 radical (unpaired) electrons. The molecule has 6 rings (SSSR count). The molecule has 2 atom stereocenters. The SMILES string of the molecule is CC[C@@]1(O)C(=O)OCc2c1cc1n(c2=O)Cc2c-1nc1cc(F)c(C)c3c1c2[C@@H](NC(=O)COCNC(=O)CN)CC3. The van der Waals surface area contributed by atoms with Crippen molar-refractivity contribution in [1.82, 2.24) is 20.2 Å². The van der Waals surface area contributed by atoms with Crippen LogP contribution in [-0.2, 0) is 49.0 Å². The zero-order valence-electron chi connectivity index (χ0n) is 23.1. The van der Waals surface area contributed by atoms with Gasteiger partial charge in [0.15, 0.2) is 5.60 Å². The van der Waals surface area contributed by atoms with Crippen molar-refractivity contribution in [1.29, 1.82) is 0 Å². The van der Waals surface area contributed by atoms with Crippen LogP contribution in [-0.4, -0.2) is 52.3 Å². The van der Waals surface area contributed by atoms with E-state index >= 15 is 4.39 Å². The van der Waals surface area contributed by atoms with Gasteiger partial charge in [0.1, 0.15) is 25.8 Å². The van der Waals surface area contributed by atoms with Crippen LogP contribution in [0.25, 0.3) is 22.3 Å². The fraction of sp³-hybridized carbons (Fsp3) is 0.414. The van der Waals surface area contributed by atoms with Crippen molar-refractivity contribution >= 4 is 28.7 Å². The lowest BCUT2D eigenvalue weighted by molar-refractivity contribution is -0.172. The first-order valence-corrected chi connectivity index (χ1v) is 13.7. The number of fused-ring (bicyclic) bond motifs is 5. The van der Waals surface area contributed by atoms with Gasteiger partial charge >= 0.3 is 5.97 Å². The molecule has 2 aliphatic heterocycles. The van der Waals surface area contributed by atoms with Crippen molar-refractivity contribution in [2.45, 2.75) is 57.9 Å². The second-order valence-electron chi connectivity index (χ2n) is 10.8. The van der Waals surface area contributed by atoms with Crippen molar-refractivity contribution in [3.8, 4) is 11.4 Å². The number of hydrogen-bond donors (Lipinski definition) is 4. The largest absolute Gasteiger partial charge is 0.458 e. The lowest BCUT2D eigenvalue weighted by atomic mass is 9.81. The van der Waals surface area contributed by atoms with Gasteiger partial charge in [-0.1, -0.05) is 6.92 Å². The van der Waals surface area contributed by atoms with Crippen LogP contribution < -0.4 is 21.9 Å². The van der Waals surface area contributed by atoms with E-state index in [0.717, 1.165) is 16.5 Å². The van der Waals surface area contributed by atoms with Gasteiger partial charge in [0.05, 0.1) is 41.6 Å². The number of aromatic nitrogens is 2. The molecule has 2 amide bonds. The number of pyridine rings is 2. The zero-order valence-corrected chi connectivity index (χ0v) is 23.1. The number of nitrogens with two attached hydrogens (primary N) is 1. The van der Waals surface area contributed by atoms with Gasteiger partial charge in [0, 0.05) is 22.6 Å². The molecular formula is C29H30FN5O7. The van der Waals surface area contributed by atoms with Crippen LogP contribution in [0.5, 0.6) is 0 Å². The number of hydrogen-bond acceptors (Lipinski definition) is 9. The molecular weight excluding hydrogens is 549 g/mol. The second-order valence-corrected chi connectivity index (χ2v) is 10.8. The number of cyclic esters (lactones) is 1. The summed E-state index contributed by atoms with van der Waals surface area (Å²) in [6.45, 7) is 2.52. The molecule has 4 heterocycles. The third-order valence-electron chi connectivity index (χ3n) is 8.50. The molecule has 0 fully saturated rings. The van der Waals surface area contributed by atoms with E-state index in [0.29, 0.717) is 40.9 Å². The molecule has 0 bridgehead atoms. The summed E-state index contributed by atoms with van der Waals surface area (Å²) in [5, 5.41) is 17.3. The number of rotatable bonds is 7. The number of aliphatic hydroxyl groups is 1. The summed E-state index contributed by atoms with van der Waals surface area (Å²) in [6, 6.07) is 2.46. The third kappa shape index (κ3) is 4.18. The van der Waals surface area contributed by atoms with Crippen LogP contribution in [0.3, 0.4) is 0 Å². The molecule has 2 aromatic heterocycles. The van der Waals surface area contributed by atoms with Gasteiger partial charge in [-0.25, -0.2) is 14.2 Å². The van der Waals surface area contributed by atoms with Crippen LogP contribution in [0.1, 0.15) is 59.2 Å². The Bertz CT molecular complexity index is 1750. The predicted molar refractivity (Wildman–Crippen MR) is 146 cm³/mol. The van der Waals surface area contributed by atoms with Gasteiger partial charge in [-0.2, -0.15) is 0 Å². The minimum Gasteiger partial charge on any atom is -0.458 e. The van der Waals surface area contributed by atoms with E-state index in [1.807, 2.05) is 0 Å². The topological polar surface area (TPSA) is 175 Å². The summed E-state index contributed by atoms with van der Waals surface area (Å²) in [7, 11) is 0. The van der Waals surface area contributed by atoms with Crippen LogP contribution in [0.4, 0.5) is 4.39 Å². The van der Waals surface area contributed by atoms with E-state index in [1.165, 1.54) is 10.6 Å². The number of halogens is 1. The summed E-state index contributed by atoms with van der Waals surface area (Å²) in [5.41, 5.74) is 7.16. The molecule has 5 N–H and O–H groups in total. The molecule has 3 aliphatic rings. The number of benzene rings is 1. The highest BCUT2D eigenvalue weighted by atomic mass is 19.1. The molecule has 42 heavy (non-hydrogen) atoms. The standard InChI is InChI=1S/C29H30FN5O7/c1-3-29(40)17-6-21-26-15(9-35(21)27(38)16(17)10-42-28(29)39)25-19(33-23(37)11-41-12-32-22(36)8-31)5-4-14-13(2)18(30)7-20(34-26)24(14)25/h6-7,19,40H,3-5,8-12,31H2,1-2H3,(H,32,36)(H,33,37)/t19-,29-/m0/s1. The van der Waals surface area contributed by atoms with E-state index in [1.54, 1.807) is 19.9 Å². The molecule has 3 aromatic rings. The minimum absolute atomic E-state index is 0.00487. The monoisotopic (exact) mass is 579 g/mol. The number of ether oxygens (including phenoxy) is 2. The average Bonchev–Trinajstić information content (AvgIpc) is 3.35. The lowest BCUT2D eigenvalue weighted by Gasteiger charge is -2.31. The van der Waals surface area contributed by atoms with Crippen LogP contribution in [0.15, 0.2) is 16.9 Å². The number of nitrogens with zero attached hydrogens (tertiary/aromatic N) is 2. The Morgan fingerprint density at radius 2 is 2.05 bits per heavy atom. The Balaban J connectivity index is 1.45. The van der Waals surface area contributed by atoms with Gasteiger partial charge < -0.3 is 35.5 Å². The maximum atomic E-state index is 15.0. The molecule has 1 aliphatic carbocycles. The van der Waals surface area contributed by atoms with Crippen molar-refractivity contribution < 1.29 is 33.4 Å². The van der Waals surface area contributed by atoms with Gasteiger partial charge in [0.25, 0.3) is 5.56 Å². The first kappa shape index (κ1) is 27.9. The Hall–Kier alpha value is -4.20. The molecule has 12 nitrogen and oxygen atoms in total. The molecule has 0 saturated carbocycles. The maximum absolute atomic E-state index is 15.0. The number of esters is 1. The molecule has 0 saturated heterocycles. The summed E-state index contributed by atoms with van der Waals surface area (Å²) < 4.78 is 27.0. The summed E-state index contributed by atoms with van der Waals surface area (Å²) in [6.07, 6.45) is 0.971. The fourth-order valence-corrected chi connectivity index (χ4v) is 6.28. The average molecular weight is 580 g/mol. The molecule has 1 aromatic carbocycles. The number of carbonyl (C=O) groups excluding carboxylic acids is 3. The smallest absolute Gasteiger partial charge is 0.343 e.